The maximum absolute atomic E-state index is 11.5. The van der Waals surface area contributed by atoms with Crippen molar-refractivity contribution in [1.29, 1.82) is 0 Å². The molecule has 0 radical (unpaired) electrons. The van der Waals surface area contributed by atoms with Crippen LogP contribution in [-0.2, 0) is 7.05 Å². The van der Waals surface area contributed by atoms with Gasteiger partial charge in [-0.1, -0.05) is 27.5 Å². The van der Waals surface area contributed by atoms with Gasteiger partial charge in [0.05, 0.1) is 22.1 Å². The Morgan fingerprint density at radius 2 is 2.06 bits per heavy atom. The zero-order chi connectivity index (χ0) is 13.3. The van der Waals surface area contributed by atoms with Gasteiger partial charge in [-0.25, -0.2) is 0 Å². The lowest BCUT2D eigenvalue weighted by Gasteiger charge is -2.11. The number of hydrogen-bond acceptors (Lipinski definition) is 3. The van der Waals surface area contributed by atoms with Crippen molar-refractivity contribution < 1.29 is 0 Å². The Morgan fingerprint density at radius 1 is 1.33 bits per heavy atom. The minimum absolute atomic E-state index is 0.139. The van der Waals surface area contributed by atoms with E-state index >= 15 is 0 Å². The van der Waals surface area contributed by atoms with Gasteiger partial charge in [0.25, 0.3) is 5.56 Å². The van der Waals surface area contributed by atoms with Gasteiger partial charge >= 0.3 is 0 Å². The van der Waals surface area contributed by atoms with Gasteiger partial charge in [-0.15, -0.1) is 0 Å². The largest absolute Gasteiger partial charge is 0.396 e. The molecule has 2 aromatic rings. The van der Waals surface area contributed by atoms with E-state index in [1.54, 1.807) is 19.3 Å². The molecule has 3 N–H and O–H groups in total. The summed E-state index contributed by atoms with van der Waals surface area (Å²) in [6.07, 6.45) is 1.57. The minimum atomic E-state index is -0.139. The monoisotopic (exact) mass is 327 g/mol. The molecule has 0 unspecified atom stereocenters. The smallest absolute Gasteiger partial charge is 0.252 e. The van der Waals surface area contributed by atoms with Crippen LogP contribution in [0.3, 0.4) is 0 Å². The number of nitrogens with zero attached hydrogens (tertiary/aromatic N) is 1. The number of aryl methyl sites for hydroxylation is 1. The predicted molar refractivity (Wildman–Crippen MR) is 78.5 cm³/mol. The van der Waals surface area contributed by atoms with Crippen LogP contribution in [0.15, 0.2) is 39.7 Å². The molecule has 4 nitrogen and oxygen atoms in total. The van der Waals surface area contributed by atoms with Gasteiger partial charge in [-0.2, -0.15) is 0 Å². The summed E-state index contributed by atoms with van der Waals surface area (Å²) in [7, 11) is 1.65. The second-order valence-corrected chi connectivity index (χ2v) is 5.16. The van der Waals surface area contributed by atoms with E-state index in [2.05, 4.69) is 21.2 Å². The summed E-state index contributed by atoms with van der Waals surface area (Å²) in [5, 5.41) is 3.59. The molecule has 0 aliphatic rings. The number of halogens is 2. The average Bonchev–Trinajstić information content (AvgIpc) is 2.29. The van der Waals surface area contributed by atoms with Crippen molar-refractivity contribution in [3.63, 3.8) is 0 Å². The number of anilines is 3. The fourth-order valence-electron chi connectivity index (χ4n) is 1.49. The summed E-state index contributed by atoms with van der Waals surface area (Å²) in [4.78, 5) is 11.5. The first-order valence-electron chi connectivity index (χ1n) is 5.15. The fraction of sp³-hybridized carbons (Fsp3) is 0.0833. The predicted octanol–water partition coefficient (Wildman–Crippen LogP) is 3.13. The number of nitrogen functional groups attached to an aromatic ring is 1. The van der Waals surface area contributed by atoms with E-state index in [0.29, 0.717) is 22.1 Å². The Bertz CT molecular complexity index is 654. The first kappa shape index (κ1) is 13.0. The molecule has 0 aliphatic carbocycles. The third-order valence-electron chi connectivity index (χ3n) is 2.46. The number of nitrogens with one attached hydrogen (secondary N) is 1. The maximum Gasteiger partial charge on any atom is 0.252 e. The molecule has 0 amide bonds. The summed E-state index contributed by atoms with van der Waals surface area (Å²) < 4.78 is 2.30. The molecule has 94 valence electrons. The first-order chi connectivity index (χ1) is 8.47. The van der Waals surface area contributed by atoms with Gasteiger partial charge < -0.3 is 15.6 Å². The number of rotatable bonds is 2. The minimum Gasteiger partial charge on any atom is -0.396 e. The topological polar surface area (TPSA) is 60.0 Å². The normalized spacial score (nSPS) is 10.4. The van der Waals surface area contributed by atoms with Gasteiger partial charge in [0.2, 0.25) is 0 Å². The third kappa shape index (κ3) is 2.68. The van der Waals surface area contributed by atoms with Gasteiger partial charge in [-0.05, 0) is 18.2 Å². The molecule has 18 heavy (non-hydrogen) atoms. The molecule has 0 aliphatic heterocycles. The van der Waals surface area contributed by atoms with E-state index in [1.165, 1.54) is 10.6 Å². The molecule has 1 aromatic heterocycles. The van der Waals surface area contributed by atoms with Crippen LogP contribution in [-0.4, -0.2) is 4.57 Å². The molecule has 6 heteroatoms. The summed E-state index contributed by atoms with van der Waals surface area (Å²) in [6.45, 7) is 0. The summed E-state index contributed by atoms with van der Waals surface area (Å²) in [6, 6.07) is 6.86. The number of pyridine rings is 1. The Hall–Kier alpha value is -1.46. The Morgan fingerprint density at radius 3 is 2.72 bits per heavy atom. The van der Waals surface area contributed by atoms with E-state index in [9.17, 15) is 4.79 Å². The lowest BCUT2D eigenvalue weighted by Crippen LogP contribution is -2.16. The first-order valence-corrected chi connectivity index (χ1v) is 6.32. The highest BCUT2D eigenvalue weighted by atomic mass is 79.9. The number of hydrogen-bond donors (Lipinski definition) is 2. The molecule has 1 aromatic carbocycles. The lowest BCUT2D eigenvalue weighted by molar-refractivity contribution is 0.864. The van der Waals surface area contributed by atoms with Gasteiger partial charge in [-0.3, -0.25) is 4.79 Å². The number of aromatic nitrogens is 1. The quantitative estimate of drug-likeness (QED) is 0.890. The number of benzene rings is 1. The van der Waals surface area contributed by atoms with Crippen LogP contribution in [0.1, 0.15) is 0 Å². The highest BCUT2D eigenvalue weighted by Gasteiger charge is 2.06. The Balaban J connectivity index is 2.40. The molecule has 0 bridgehead atoms. The SMILES string of the molecule is Cn1cc(N)c(Nc2ccc(Br)cc2Cl)cc1=O. The molecule has 0 spiro atoms. The van der Waals surface area contributed by atoms with Crippen molar-refractivity contribution in [2.75, 3.05) is 11.1 Å². The molecule has 0 saturated heterocycles. The molecular weight excluding hydrogens is 318 g/mol. The molecule has 0 atom stereocenters. The maximum atomic E-state index is 11.5. The molecule has 1 heterocycles. The van der Waals surface area contributed by atoms with E-state index in [1.807, 2.05) is 12.1 Å². The lowest BCUT2D eigenvalue weighted by atomic mass is 10.3. The van der Waals surface area contributed by atoms with Crippen LogP contribution >= 0.6 is 27.5 Å². The second-order valence-electron chi connectivity index (χ2n) is 3.84. The van der Waals surface area contributed by atoms with E-state index in [0.717, 1.165) is 4.47 Å². The second kappa shape index (κ2) is 5.04. The molecular formula is C12H11BrClN3O. The van der Waals surface area contributed by atoms with Gasteiger partial charge in [0.15, 0.2) is 0 Å². The molecule has 0 saturated carbocycles. The Kier molecular flexibility index (Phi) is 3.63. The van der Waals surface area contributed by atoms with Crippen LogP contribution in [0.5, 0.6) is 0 Å². The van der Waals surface area contributed by atoms with Crippen LogP contribution < -0.4 is 16.6 Å². The van der Waals surface area contributed by atoms with Crippen LogP contribution in [0, 0.1) is 0 Å². The zero-order valence-electron chi connectivity index (χ0n) is 9.58. The zero-order valence-corrected chi connectivity index (χ0v) is 11.9. The summed E-state index contributed by atoms with van der Waals surface area (Å²) in [5.41, 5.74) is 7.43. The number of nitrogens with two attached hydrogens (primary N) is 1. The van der Waals surface area contributed by atoms with Crippen LogP contribution in [0.25, 0.3) is 0 Å². The highest BCUT2D eigenvalue weighted by Crippen LogP contribution is 2.29. The molecule has 0 fully saturated rings. The van der Waals surface area contributed by atoms with Crippen molar-refractivity contribution in [2.45, 2.75) is 0 Å². The van der Waals surface area contributed by atoms with Gasteiger partial charge in [0, 0.05) is 23.8 Å². The van der Waals surface area contributed by atoms with Crippen molar-refractivity contribution >= 4 is 44.6 Å². The van der Waals surface area contributed by atoms with E-state index in [-0.39, 0.29) is 5.56 Å². The third-order valence-corrected chi connectivity index (χ3v) is 3.27. The van der Waals surface area contributed by atoms with E-state index in [4.69, 9.17) is 17.3 Å². The average molecular weight is 329 g/mol. The van der Waals surface area contributed by atoms with Crippen molar-refractivity contribution in [1.82, 2.24) is 4.57 Å². The molecule has 2 rings (SSSR count). The summed E-state index contributed by atoms with van der Waals surface area (Å²) in [5.74, 6) is 0. The fourth-order valence-corrected chi connectivity index (χ4v) is 2.22. The van der Waals surface area contributed by atoms with E-state index < -0.39 is 0 Å². The van der Waals surface area contributed by atoms with Crippen molar-refractivity contribution in [3.8, 4) is 0 Å². The van der Waals surface area contributed by atoms with Crippen LogP contribution in [0.4, 0.5) is 17.1 Å². The summed E-state index contributed by atoms with van der Waals surface area (Å²) >= 11 is 9.41. The van der Waals surface area contributed by atoms with Crippen LogP contribution in [0.2, 0.25) is 5.02 Å². The van der Waals surface area contributed by atoms with Crippen molar-refractivity contribution in [3.05, 3.63) is 50.3 Å². The standard InChI is InChI=1S/C12H11BrClN3O/c1-17-6-9(15)11(5-12(17)18)16-10-3-2-7(13)4-8(10)14/h2-6,16H,15H2,1H3. The Labute approximate surface area is 118 Å². The highest BCUT2D eigenvalue weighted by molar-refractivity contribution is 9.10. The van der Waals surface area contributed by atoms with Gasteiger partial charge in [0.1, 0.15) is 0 Å². The van der Waals surface area contributed by atoms with Crippen molar-refractivity contribution in [2.24, 2.45) is 7.05 Å².